The van der Waals surface area contributed by atoms with Crippen LogP contribution in [0.4, 0.5) is 0 Å². The minimum atomic E-state index is 0.862. The highest BCUT2D eigenvalue weighted by atomic mass is 16.5. The zero-order chi connectivity index (χ0) is 13.2. The maximum absolute atomic E-state index is 5.70. The number of quaternary nitrogens is 1. The van der Waals surface area contributed by atoms with Crippen LogP contribution in [0.3, 0.4) is 0 Å². The molecule has 2 rings (SSSR count). The molecule has 0 aromatic heterocycles. The maximum Gasteiger partial charge on any atom is 0.119 e. The molecule has 0 amide bonds. The Morgan fingerprint density at radius 1 is 0.842 bits per heavy atom. The summed E-state index contributed by atoms with van der Waals surface area (Å²) in [5.41, 5.74) is 0. The number of hydrogen-bond acceptors (Lipinski definition) is 1. The van der Waals surface area contributed by atoms with Crippen LogP contribution >= 0.6 is 0 Å². The van der Waals surface area contributed by atoms with Crippen LogP contribution in [-0.4, -0.2) is 26.2 Å². The van der Waals surface area contributed by atoms with E-state index in [0.29, 0.717) is 0 Å². The Hall–Kier alpha value is -1.02. The molecule has 19 heavy (non-hydrogen) atoms. The van der Waals surface area contributed by atoms with E-state index in [1.54, 1.807) is 0 Å². The maximum atomic E-state index is 5.70. The van der Waals surface area contributed by atoms with Gasteiger partial charge in [-0.15, -0.1) is 0 Å². The van der Waals surface area contributed by atoms with E-state index >= 15 is 0 Å². The third-order valence-electron chi connectivity index (χ3n) is 4.00. The molecule has 106 valence electrons. The average Bonchev–Trinajstić information content (AvgIpc) is 2.48. The van der Waals surface area contributed by atoms with Crippen LogP contribution in [0.15, 0.2) is 30.3 Å². The minimum absolute atomic E-state index is 0.862. The van der Waals surface area contributed by atoms with Crippen molar-refractivity contribution in [2.24, 2.45) is 0 Å². The summed E-state index contributed by atoms with van der Waals surface area (Å²) in [5.74, 6) is 1.00. The van der Waals surface area contributed by atoms with Gasteiger partial charge in [0.1, 0.15) is 5.75 Å². The Balaban J connectivity index is 1.42. The highest BCUT2D eigenvalue weighted by molar-refractivity contribution is 5.20. The largest absolute Gasteiger partial charge is 0.494 e. The molecule has 0 spiro atoms. The molecule has 2 nitrogen and oxygen atoms in total. The minimum Gasteiger partial charge on any atom is -0.494 e. The molecule has 0 bridgehead atoms. The molecular formula is C17H28NO+. The number of likely N-dealkylation sites (tertiary alicyclic amines) is 1. The first-order valence-corrected chi connectivity index (χ1v) is 7.96. The summed E-state index contributed by atoms with van der Waals surface area (Å²) in [4.78, 5) is 1.84. The van der Waals surface area contributed by atoms with Gasteiger partial charge in [0.05, 0.1) is 26.2 Å². The van der Waals surface area contributed by atoms with Gasteiger partial charge in [-0.3, -0.25) is 0 Å². The Morgan fingerprint density at radius 2 is 1.58 bits per heavy atom. The molecule has 1 aliphatic rings. The van der Waals surface area contributed by atoms with Crippen LogP contribution in [0.25, 0.3) is 0 Å². The lowest BCUT2D eigenvalue weighted by atomic mass is 10.1. The number of benzene rings is 1. The molecule has 1 saturated heterocycles. The number of ether oxygens (including phenoxy) is 1. The normalized spacial score (nSPS) is 16.4. The first kappa shape index (κ1) is 14.4. The van der Waals surface area contributed by atoms with E-state index in [4.69, 9.17) is 4.74 Å². The topological polar surface area (TPSA) is 13.7 Å². The van der Waals surface area contributed by atoms with Gasteiger partial charge in [0.25, 0.3) is 0 Å². The van der Waals surface area contributed by atoms with Crippen LogP contribution in [0.5, 0.6) is 5.75 Å². The van der Waals surface area contributed by atoms with Crippen molar-refractivity contribution < 1.29 is 9.64 Å². The van der Waals surface area contributed by atoms with E-state index < -0.39 is 0 Å². The molecule has 1 fully saturated rings. The third-order valence-corrected chi connectivity index (χ3v) is 4.00. The summed E-state index contributed by atoms with van der Waals surface area (Å²) in [5, 5.41) is 0. The number of nitrogens with one attached hydrogen (secondary N) is 1. The van der Waals surface area contributed by atoms with Gasteiger partial charge in [-0.05, 0) is 57.1 Å². The van der Waals surface area contributed by atoms with Crippen LogP contribution < -0.4 is 9.64 Å². The Bertz CT molecular complexity index is 319. The molecule has 1 aromatic carbocycles. The lowest BCUT2D eigenvalue weighted by Gasteiger charge is -2.23. The van der Waals surface area contributed by atoms with E-state index in [2.05, 4.69) is 0 Å². The van der Waals surface area contributed by atoms with Gasteiger partial charge in [-0.25, -0.2) is 0 Å². The molecule has 1 aliphatic heterocycles. The smallest absolute Gasteiger partial charge is 0.119 e. The monoisotopic (exact) mass is 262 g/mol. The molecule has 1 heterocycles. The molecule has 0 atom stereocenters. The fourth-order valence-corrected chi connectivity index (χ4v) is 2.84. The van der Waals surface area contributed by atoms with Crippen molar-refractivity contribution in [1.82, 2.24) is 0 Å². The summed E-state index contributed by atoms with van der Waals surface area (Å²) in [6, 6.07) is 10.1. The standard InChI is InChI=1S/C17H27NO/c1(7-13-18-14-8-4-9-15-18)2-10-16-19-17-11-5-3-6-12-17/h3,5-6,11-12H,1-2,4,7-10,13-16H2/p+1. The fraction of sp³-hybridized carbons (Fsp3) is 0.647. The summed E-state index contributed by atoms with van der Waals surface area (Å²) < 4.78 is 5.70. The van der Waals surface area contributed by atoms with E-state index in [1.165, 1.54) is 64.6 Å². The summed E-state index contributed by atoms with van der Waals surface area (Å²) in [6.45, 7) is 5.08. The number of rotatable bonds is 8. The quantitative estimate of drug-likeness (QED) is 0.711. The van der Waals surface area contributed by atoms with Crippen molar-refractivity contribution >= 4 is 0 Å². The SMILES string of the molecule is c1ccc(OCCCCCC[NH+]2CCCCC2)cc1. The second-order valence-corrected chi connectivity index (χ2v) is 5.64. The molecule has 0 aliphatic carbocycles. The molecule has 0 unspecified atom stereocenters. The highest BCUT2D eigenvalue weighted by Gasteiger charge is 2.11. The van der Waals surface area contributed by atoms with Crippen LogP contribution in [-0.2, 0) is 0 Å². The Morgan fingerprint density at radius 3 is 2.37 bits per heavy atom. The average molecular weight is 262 g/mol. The number of para-hydroxylation sites is 1. The highest BCUT2D eigenvalue weighted by Crippen LogP contribution is 2.09. The first-order valence-electron chi connectivity index (χ1n) is 7.96. The van der Waals surface area contributed by atoms with Crippen molar-refractivity contribution in [3.63, 3.8) is 0 Å². The van der Waals surface area contributed by atoms with E-state index in [1.807, 2.05) is 35.2 Å². The number of unbranched alkanes of at least 4 members (excludes halogenated alkanes) is 3. The first-order chi connectivity index (χ1) is 9.45. The second-order valence-electron chi connectivity index (χ2n) is 5.64. The van der Waals surface area contributed by atoms with Crippen LogP contribution in [0.1, 0.15) is 44.9 Å². The molecule has 2 heteroatoms. The second kappa shape index (κ2) is 8.98. The predicted molar refractivity (Wildman–Crippen MR) is 79.8 cm³/mol. The summed E-state index contributed by atoms with van der Waals surface area (Å²) in [6.07, 6.45) is 9.59. The van der Waals surface area contributed by atoms with E-state index in [0.717, 1.165) is 12.4 Å². The van der Waals surface area contributed by atoms with Gasteiger partial charge in [0.2, 0.25) is 0 Å². The van der Waals surface area contributed by atoms with Gasteiger partial charge in [-0.2, -0.15) is 0 Å². The van der Waals surface area contributed by atoms with Crippen molar-refractivity contribution in [2.75, 3.05) is 26.2 Å². The third kappa shape index (κ3) is 6.11. The number of hydrogen-bond donors (Lipinski definition) is 1. The fourth-order valence-electron chi connectivity index (χ4n) is 2.84. The zero-order valence-corrected chi connectivity index (χ0v) is 12.1. The molecular weight excluding hydrogens is 234 g/mol. The Kier molecular flexibility index (Phi) is 6.80. The lowest BCUT2D eigenvalue weighted by Crippen LogP contribution is -3.12. The van der Waals surface area contributed by atoms with Crippen molar-refractivity contribution in [3.05, 3.63) is 30.3 Å². The van der Waals surface area contributed by atoms with Crippen molar-refractivity contribution in [2.45, 2.75) is 44.9 Å². The van der Waals surface area contributed by atoms with Gasteiger partial charge in [0, 0.05) is 0 Å². The van der Waals surface area contributed by atoms with Gasteiger partial charge < -0.3 is 9.64 Å². The molecule has 0 radical (unpaired) electrons. The zero-order valence-electron chi connectivity index (χ0n) is 12.1. The van der Waals surface area contributed by atoms with Gasteiger partial charge in [-0.1, -0.05) is 18.2 Å². The van der Waals surface area contributed by atoms with Gasteiger partial charge in [0.15, 0.2) is 0 Å². The van der Waals surface area contributed by atoms with Crippen LogP contribution in [0.2, 0.25) is 0 Å². The lowest BCUT2D eigenvalue weighted by molar-refractivity contribution is -0.905. The van der Waals surface area contributed by atoms with Gasteiger partial charge >= 0.3 is 0 Å². The van der Waals surface area contributed by atoms with E-state index in [9.17, 15) is 0 Å². The van der Waals surface area contributed by atoms with Crippen molar-refractivity contribution in [1.29, 1.82) is 0 Å². The number of piperidine rings is 1. The molecule has 0 saturated carbocycles. The molecule has 1 N–H and O–H groups in total. The summed E-state index contributed by atoms with van der Waals surface area (Å²) in [7, 11) is 0. The van der Waals surface area contributed by atoms with E-state index in [-0.39, 0.29) is 0 Å². The predicted octanol–water partition coefficient (Wildman–Crippen LogP) is 2.69. The molecule has 1 aromatic rings. The Labute approximate surface area is 117 Å². The van der Waals surface area contributed by atoms with Crippen molar-refractivity contribution in [3.8, 4) is 5.75 Å². The summed E-state index contributed by atoms with van der Waals surface area (Å²) >= 11 is 0. The van der Waals surface area contributed by atoms with Crippen LogP contribution in [0, 0.1) is 0 Å².